The number of carbonyl (C=O) groups excluding carboxylic acids is 1. The van der Waals surface area contributed by atoms with E-state index in [9.17, 15) is 13.2 Å². The van der Waals surface area contributed by atoms with Gasteiger partial charge in [-0.15, -0.1) is 0 Å². The molecule has 2 aliphatic heterocycles. The summed E-state index contributed by atoms with van der Waals surface area (Å²) in [6, 6.07) is 14.9. The number of nitrogens with zero attached hydrogens (tertiary/aromatic N) is 3. The van der Waals surface area contributed by atoms with Crippen LogP contribution in [0, 0.1) is 13.8 Å². The lowest BCUT2D eigenvalue weighted by atomic mass is 10.0. The Balaban J connectivity index is 1.54. The van der Waals surface area contributed by atoms with Crippen molar-refractivity contribution in [3.63, 3.8) is 0 Å². The minimum Gasteiger partial charge on any atom is -0.494 e. The molecular weight excluding hydrogens is 490 g/mol. The number of likely N-dealkylation sites (N-methyl/N-ethyl adjacent to an activating group) is 1. The Hall–Kier alpha value is -3.40. The van der Waals surface area contributed by atoms with Crippen LogP contribution >= 0.6 is 0 Å². The largest absolute Gasteiger partial charge is 0.494 e. The summed E-state index contributed by atoms with van der Waals surface area (Å²) < 4.78 is 41.0. The highest BCUT2D eigenvalue weighted by molar-refractivity contribution is 7.89. The fraction of sp³-hybridized carbons (Fsp3) is 0.321. The lowest BCUT2D eigenvalue weighted by Gasteiger charge is -2.26. The number of rotatable bonds is 6. The van der Waals surface area contributed by atoms with E-state index in [1.165, 1.54) is 4.31 Å². The number of aryl methyl sites for hydroxylation is 1. The number of carbonyl (C=O) groups is 1. The van der Waals surface area contributed by atoms with Gasteiger partial charge < -0.3 is 18.9 Å². The van der Waals surface area contributed by atoms with E-state index in [-0.39, 0.29) is 10.8 Å². The molecular formula is C28H31N3O5S. The van der Waals surface area contributed by atoms with E-state index >= 15 is 0 Å². The molecule has 1 aromatic heterocycles. The Kier molecular flexibility index (Phi) is 6.70. The number of morpholine rings is 1. The van der Waals surface area contributed by atoms with Crippen LogP contribution in [0.5, 0.6) is 5.75 Å². The number of ether oxygens (including phenoxy) is 2. The first-order chi connectivity index (χ1) is 17.7. The van der Waals surface area contributed by atoms with Crippen LogP contribution in [0.2, 0.25) is 0 Å². The maximum absolute atomic E-state index is 13.3. The number of sulfonamides is 1. The molecule has 0 aliphatic carbocycles. The van der Waals surface area contributed by atoms with Gasteiger partial charge in [-0.3, -0.25) is 4.79 Å². The van der Waals surface area contributed by atoms with Crippen LogP contribution in [0.4, 0.5) is 5.69 Å². The zero-order chi connectivity index (χ0) is 26.3. The zero-order valence-corrected chi connectivity index (χ0v) is 22.3. The third-order valence-electron chi connectivity index (χ3n) is 6.94. The third-order valence-corrected chi connectivity index (χ3v) is 8.83. The van der Waals surface area contributed by atoms with Crippen LogP contribution < -0.4 is 9.64 Å². The summed E-state index contributed by atoms with van der Waals surface area (Å²) >= 11 is 0. The van der Waals surface area contributed by atoms with Crippen LogP contribution in [0.25, 0.3) is 17.3 Å². The molecule has 194 valence electrons. The Morgan fingerprint density at radius 2 is 1.73 bits per heavy atom. The topological polar surface area (TPSA) is 81.1 Å². The molecule has 8 nitrogen and oxygen atoms in total. The van der Waals surface area contributed by atoms with Gasteiger partial charge >= 0.3 is 0 Å². The van der Waals surface area contributed by atoms with Crippen molar-refractivity contribution in [1.29, 1.82) is 0 Å². The predicted octanol–water partition coefficient (Wildman–Crippen LogP) is 4.03. The van der Waals surface area contributed by atoms with Gasteiger partial charge in [-0.2, -0.15) is 4.31 Å². The minimum atomic E-state index is -3.69. The lowest BCUT2D eigenvalue weighted by Crippen LogP contribution is -2.40. The van der Waals surface area contributed by atoms with Crippen molar-refractivity contribution in [3.8, 4) is 11.4 Å². The number of aromatic nitrogens is 1. The molecule has 1 amide bonds. The molecule has 0 bridgehead atoms. The van der Waals surface area contributed by atoms with Gasteiger partial charge in [0.2, 0.25) is 10.0 Å². The van der Waals surface area contributed by atoms with Crippen molar-refractivity contribution in [1.82, 2.24) is 8.87 Å². The van der Waals surface area contributed by atoms with Crippen molar-refractivity contribution in [2.45, 2.75) is 25.7 Å². The highest BCUT2D eigenvalue weighted by atomic mass is 32.2. The standard InChI is InChI=1S/C28H31N3O5S/c1-5-36-23-8-6-22(7-9-23)31-19(2)16-21(20(31)3)17-26-25-18-24(10-11-27(25)29(4)28(26)32)37(33,34)30-12-14-35-15-13-30/h6-11,16-18H,5,12-15H2,1-4H3/b26-17-. The van der Waals surface area contributed by atoms with E-state index in [2.05, 4.69) is 4.57 Å². The second kappa shape index (κ2) is 9.81. The van der Waals surface area contributed by atoms with Gasteiger partial charge in [0.15, 0.2) is 0 Å². The Morgan fingerprint density at radius 3 is 2.41 bits per heavy atom. The monoisotopic (exact) mass is 521 g/mol. The lowest BCUT2D eigenvalue weighted by molar-refractivity contribution is -0.112. The van der Waals surface area contributed by atoms with Gasteiger partial charge in [-0.1, -0.05) is 0 Å². The quantitative estimate of drug-likeness (QED) is 0.458. The van der Waals surface area contributed by atoms with Crippen molar-refractivity contribution < 1.29 is 22.7 Å². The summed E-state index contributed by atoms with van der Waals surface area (Å²) in [4.78, 5) is 15.0. The van der Waals surface area contributed by atoms with Gasteiger partial charge in [-0.25, -0.2) is 8.42 Å². The number of fused-ring (bicyclic) bond motifs is 1. The van der Waals surface area contributed by atoms with Crippen LogP contribution in [0.3, 0.4) is 0 Å². The Bertz CT molecular complexity index is 1480. The van der Waals surface area contributed by atoms with E-state index in [1.54, 1.807) is 30.1 Å². The molecule has 3 heterocycles. The zero-order valence-electron chi connectivity index (χ0n) is 21.5. The van der Waals surface area contributed by atoms with Gasteiger partial charge in [0.1, 0.15) is 5.75 Å². The summed E-state index contributed by atoms with van der Waals surface area (Å²) in [5.74, 6) is 0.650. The predicted molar refractivity (Wildman–Crippen MR) is 144 cm³/mol. The van der Waals surface area contributed by atoms with Crippen molar-refractivity contribution in [2.75, 3.05) is 44.9 Å². The van der Waals surface area contributed by atoms with Crippen LogP contribution in [0.1, 0.15) is 29.4 Å². The van der Waals surface area contributed by atoms with Gasteiger partial charge in [-0.05, 0) is 80.9 Å². The molecule has 2 aliphatic rings. The summed E-state index contributed by atoms with van der Waals surface area (Å²) in [7, 11) is -1.98. The SMILES string of the molecule is CCOc1ccc(-n2c(C)cc(/C=C3\C(=O)N(C)c4ccc(S(=O)(=O)N5CCOCC5)cc43)c2C)cc1. The van der Waals surface area contributed by atoms with E-state index in [0.717, 1.165) is 28.4 Å². The molecule has 0 N–H and O–H groups in total. The first kappa shape index (κ1) is 25.3. The molecule has 9 heteroatoms. The fourth-order valence-corrected chi connectivity index (χ4v) is 6.44. The molecule has 0 radical (unpaired) electrons. The molecule has 0 unspecified atom stereocenters. The normalized spacial score (nSPS) is 17.5. The number of amides is 1. The van der Waals surface area contributed by atoms with E-state index in [1.807, 2.05) is 57.2 Å². The summed E-state index contributed by atoms with van der Waals surface area (Å²) in [6.07, 6.45) is 1.86. The average molecular weight is 522 g/mol. The number of hydrogen-bond acceptors (Lipinski definition) is 5. The second-order valence-corrected chi connectivity index (χ2v) is 11.1. The van der Waals surface area contributed by atoms with Crippen molar-refractivity contribution in [2.24, 2.45) is 0 Å². The first-order valence-corrected chi connectivity index (χ1v) is 13.8. The van der Waals surface area contributed by atoms with Gasteiger partial charge in [0, 0.05) is 48.3 Å². The molecule has 5 rings (SSSR count). The summed E-state index contributed by atoms with van der Waals surface area (Å²) in [6.45, 7) is 7.99. The first-order valence-electron chi connectivity index (χ1n) is 12.4. The van der Waals surface area contributed by atoms with Crippen molar-refractivity contribution >= 4 is 33.3 Å². The highest BCUT2D eigenvalue weighted by Crippen LogP contribution is 2.39. The molecule has 1 fully saturated rings. The molecule has 2 aromatic carbocycles. The number of benzene rings is 2. The Labute approximate surface area is 217 Å². The number of hydrogen-bond donors (Lipinski definition) is 0. The highest BCUT2D eigenvalue weighted by Gasteiger charge is 2.33. The third kappa shape index (κ3) is 4.47. The maximum atomic E-state index is 13.3. The number of anilines is 1. The van der Waals surface area contributed by atoms with E-state index in [4.69, 9.17) is 9.47 Å². The van der Waals surface area contributed by atoms with Crippen molar-refractivity contribution in [3.05, 3.63) is 71.0 Å². The van der Waals surface area contributed by atoms with Gasteiger partial charge in [0.05, 0.1) is 30.4 Å². The fourth-order valence-electron chi connectivity index (χ4n) is 5.01. The van der Waals surface area contributed by atoms with Crippen LogP contribution in [-0.4, -0.2) is 63.2 Å². The molecule has 37 heavy (non-hydrogen) atoms. The van der Waals surface area contributed by atoms with Crippen LogP contribution in [0.15, 0.2) is 53.4 Å². The smallest absolute Gasteiger partial charge is 0.258 e. The molecule has 0 spiro atoms. The summed E-state index contributed by atoms with van der Waals surface area (Å²) in [5, 5.41) is 0. The molecule has 0 atom stereocenters. The van der Waals surface area contributed by atoms with Crippen LogP contribution in [-0.2, 0) is 19.6 Å². The molecule has 0 saturated carbocycles. The summed E-state index contributed by atoms with van der Waals surface area (Å²) in [5.41, 5.74) is 5.69. The maximum Gasteiger partial charge on any atom is 0.258 e. The molecule has 3 aromatic rings. The minimum absolute atomic E-state index is 0.165. The van der Waals surface area contributed by atoms with Gasteiger partial charge in [0.25, 0.3) is 5.91 Å². The molecule has 1 saturated heterocycles. The van der Waals surface area contributed by atoms with E-state index < -0.39 is 10.0 Å². The second-order valence-electron chi connectivity index (χ2n) is 9.21. The van der Waals surface area contributed by atoms with E-state index in [0.29, 0.717) is 49.7 Å². The average Bonchev–Trinajstić information content (AvgIpc) is 3.32. The Morgan fingerprint density at radius 1 is 1.03 bits per heavy atom.